The molecule has 2 heterocycles. The molecule has 2 aliphatic rings. The van der Waals surface area contributed by atoms with E-state index in [0.717, 1.165) is 26.1 Å². The van der Waals surface area contributed by atoms with Crippen LogP contribution in [-0.2, 0) is 14.3 Å². The second kappa shape index (κ2) is 7.94. The Morgan fingerprint density at radius 2 is 2.11 bits per heavy atom. The average molecular weight is 279 g/mol. The summed E-state index contributed by atoms with van der Waals surface area (Å²) in [6, 6.07) is 0.428. The maximum atomic E-state index is 12.2. The second-order valence-corrected chi connectivity index (χ2v) is 4.65. The highest BCUT2D eigenvalue weighted by Crippen LogP contribution is 2.13. The number of hydrogen-bond acceptors (Lipinski definition) is 4. The van der Waals surface area contributed by atoms with Crippen LogP contribution in [0.4, 0.5) is 0 Å². The summed E-state index contributed by atoms with van der Waals surface area (Å²) in [5.41, 5.74) is 0. The number of carbonyl (C=O) groups is 1. The molecule has 2 aliphatic heterocycles. The number of nitrogens with zero attached hydrogens (tertiary/aromatic N) is 1. The first kappa shape index (κ1) is 15.7. The Labute approximate surface area is 115 Å². The van der Waals surface area contributed by atoms with Crippen LogP contribution in [0.2, 0.25) is 0 Å². The smallest absolute Gasteiger partial charge is 0.224 e. The number of rotatable bonds is 3. The summed E-state index contributed by atoms with van der Waals surface area (Å²) in [6.07, 6.45) is 1.50. The van der Waals surface area contributed by atoms with Crippen molar-refractivity contribution in [3.63, 3.8) is 0 Å². The van der Waals surface area contributed by atoms with Crippen molar-refractivity contribution in [2.75, 3.05) is 39.5 Å². The second-order valence-electron chi connectivity index (χ2n) is 4.65. The number of halogens is 1. The Balaban J connectivity index is 0.00000162. The highest BCUT2D eigenvalue weighted by Gasteiger charge is 2.28. The van der Waals surface area contributed by atoms with Crippen molar-refractivity contribution in [3.05, 3.63) is 0 Å². The molecule has 106 valence electrons. The molecule has 0 aromatic heterocycles. The van der Waals surface area contributed by atoms with Crippen LogP contribution in [0, 0.1) is 0 Å². The normalized spacial score (nSPS) is 28.6. The molecule has 1 amide bonds. The molecular weight excluding hydrogens is 256 g/mol. The van der Waals surface area contributed by atoms with Gasteiger partial charge in [-0.15, -0.1) is 12.4 Å². The van der Waals surface area contributed by atoms with Crippen LogP contribution in [0.25, 0.3) is 0 Å². The van der Waals surface area contributed by atoms with E-state index in [9.17, 15) is 4.79 Å². The Kier molecular flexibility index (Phi) is 6.92. The Morgan fingerprint density at radius 3 is 2.78 bits per heavy atom. The molecule has 0 aromatic carbocycles. The highest BCUT2D eigenvalue weighted by atomic mass is 35.5. The van der Waals surface area contributed by atoms with Gasteiger partial charge in [0.15, 0.2) is 0 Å². The van der Waals surface area contributed by atoms with Gasteiger partial charge in [-0.25, -0.2) is 0 Å². The van der Waals surface area contributed by atoms with Gasteiger partial charge in [0.25, 0.3) is 0 Å². The summed E-state index contributed by atoms with van der Waals surface area (Å²) in [7, 11) is 0. The molecule has 0 saturated carbocycles. The lowest BCUT2D eigenvalue weighted by Gasteiger charge is -2.36. The van der Waals surface area contributed by atoms with Crippen LogP contribution in [0.1, 0.15) is 19.8 Å². The molecule has 2 rings (SSSR count). The summed E-state index contributed by atoms with van der Waals surface area (Å²) in [5.74, 6) is 0.225. The molecule has 0 aromatic rings. The van der Waals surface area contributed by atoms with E-state index in [-0.39, 0.29) is 30.4 Å². The summed E-state index contributed by atoms with van der Waals surface area (Å²) in [6.45, 7) is 6.41. The summed E-state index contributed by atoms with van der Waals surface area (Å²) >= 11 is 0. The zero-order valence-corrected chi connectivity index (χ0v) is 11.7. The minimum Gasteiger partial charge on any atom is -0.378 e. The molecule has 1 N–H and O–H groups in total. The first-order chi connectivity index (χ1) is 8.31. The Morgan fingerprint density at radius 1 is 1.33 bits per heavy atom. The standard InChI is InChI=1S/C12H22N2O3.ClH/c1-2-11-9-17-6-4-14(11)12(15)7-10-8-16-5-3-13-10;/h10-11,13H,2-9H2,1H3;1H. The quantitative estimate of drug-likeness (QED) is 0.813. The molecule has 0 radical (unpaired) electrons. The van der Waals surface area contributed by atoms with Crippen molar-refractivity contribution in [3.8, 4) is 0 Å². The molecule has 2 fully saturated rings. The minimum atomic E-state index is 0. The first-order valence-corrected chi connectivity index (χ1v) is 6.49. The minimum absolute atomic E-state index is 0. The van der Waals surface area contributed by atoms with Crippen LogP contribution in [0.5, 0.6) is 0 Å². The number of morpholine rings is 2. The molecule has 2 saturated heterocycles. The number of hydrogen-bond donors (Lipinski definition) is 1. The fourth-order valence-electron chi connectivity index (χ4n) is 2.40. The van der Waals surface area contributed by atoms with Crippen molar-refractivity contribution in [1.29, 1.82) is 0 Å². The van der Waals surface area contributed by atoms with Gasteiger partial charge >= 0.3 is 0 Å². The number of amides is 1. The van der Waals surface area contributed by atoms with Gasteiger partial charge < -0.3 is 19.7 Å². The maximum absolute atomic E-state index is 12.2. The molecule has 2 atom stereocenters. The van der Waals surface area contributed by atoms with Gasteiger partial charge in [0.1, 0.15) is 0 Å². The third-order valence-corrected chi connectivity index (χ3v) is 3.44. The predicted octanol–water partition coefficient (Wildman–Crippen LogP) is 0.424. The first-order valence-electron chi connectivity index (χ1n) is 6.49. The molecule has 0 aliphatic carbocycles. The Hall–Kier alpha value is -0.360. The van der Waals surface area contributed by atoms with Crippen LogP contribution in [0.15, 0.2) is 0 Å². The predicted molar refractivity (Wildman–Crippen MR) is 71.1 cm³/mol. The van der Waals surface area contributed by atoms with Gasteiger partial charge in [0.2, 0.25) is 5.91 Å². The van der Waals surface area contributed by atoms with Crippen LogP contribution < -0.4 is 5.32 Å². The lowest BCUT2D eigenvalue weighted by Crippen LogP contribution is -2.51. The van der Waals surface area contributed by atoms with E-state index in [2.05, 4.69) is 12.2 Å². The van der Waals surface area contributed by atoms with Crippen molar-refractivity contribution in [2.45, 2.75) is 31.8 Å². The fourth-order valence-corrected chi connectivity index (χ4v) is 2.40. The molecule has 0 bridgehead atoms. The van der Waals surface area contributed by atoms with Crippen molar-refractivity contribution >= 4 is 18.3 Å². The van der Waals surface area contributed by atoms with Gasteiger partial charge in [0, 0.05) is 25.6 Å². The molecule has 5 nitrogen and oxygen atoms in total. The molecular formula is C12H23ClN2O3. The van der Waals surface area contributed by atoms with Gasteiger partial charge in [-0.05, 0) is 6.42 Å². The zero-order valence-electron chi connectivity index (χ0n) is 10.9. The number of ether oxygens (including phenoxy) is 2. The number of nitrogens with one attached hydrogen (secondary N) is 1. The number of carbonyl (C=O) groups excluding carboxylic acids is 1. The van der Waals surface area contributed by atoms with Crippen LogP contribution in [-0.4, -0.2) is 62.4 Å². The lowest BCUT2D eigenvalue weighted by molar-refractivity contribution is -0.141. The van der Waals surface area contributed by atoms with Gasteiger partial charge in [-0.2, -0.15) is 0 Å². The highest BCUT2D eigenvalue weighted by molar-refractivity contribution is 5.85. The van der Waals surface area contributed by atoms with E-state index in [1.54, 1.807) is 0 Å². The van der Waals surface area contributed by atoms with E-state index in [1.165, 1.54) is 0 Å². The van der Waals surface area contributed by atoms with Gasteiger partial charge in [-0.3, -0.25) is 4.79 Å². The zero-order chi connectivity index (χ0) is 12.1. The van der Waals surface area contributed by atoms with E-state index in [1.807, 2.05) is 4.90 Å². The van der Waals surface area contributed by atoms with E-state index >= 15 is 0 Å². The van der Waals surface area contributed by atoms with Crippen molar-refractivity contribution in [2.24, 2.45) is 0 Å². The maximum Gasteiger partial charge on any atom is 0.224 e. The summed E-state index contributed by atoms with van der Waals surface area (Å²) < 4.78 is 10.8. The van der Waals surface area contributed by atoms with Crippen molar-refractivity contribution < 1.29 is 14.3 Å². The van der Waals surface area contributed by atoms with Gasteiger partial charge in [-0.1, -0.05) is 6.92 Å². The molecule has 2 unspecified atom stereocenters. The molecule has 18 heavy (non-hydrogen) atoms. The van der Waals surface area contributed by atoms with E-state index in [4.69, 9.17) is 9.47 Å². The SMILES string of the molecule is CCC1COCCN1C(=O)CC1COCCN1.Cl. The topological polar surface area (TPSA) is 50.8 Å². The third kappa shape index (κ3) is 4.09. The van der Waals surface area contributed by atoms with Crippen molar-refractivity contribution in [1.82, 2.24) is 10.2 Å². The summed E-state index contributed by atoms with van der Waals surface area (Å²) in [5, 5.41) is 3.32. The van der Waals surface area contributed by atoms with E-state index in [0.29, 0.717) is 26.2 Å². The third-order valence-electron chi connectivity index (χ3n) is 3.44. The Bertz CT molecular complexity index is 260. The molecule has 0 spiro atoms. The van der Waals surface area contributed by atoms with Gasteiger partial charge in [0.05, 0.1) is 32.5 Å². The van der Waals surface area contributed by atoms with Crippen LogP contribution in [0.3, 0.4) is 0 Å². The van der Waals surface area contributed by atoms with E-state index < -0.39 is 0 Å². The lowest BCUT2D eigenvalue weighted by atomic mass is 10.1. The monoisotopic (exact) mass is 278 g/mol. The molecule has 6 heteroatoms. The average Bonchev–Trinajstić information content (AvgIpc) is 2.40. The van der Waals surface area contributed by atoms with Crippen LogP contribution >= 0.6 is 12.4 Å². The largest absolute Gasteiger partial charge is 0.378 e. The summed E-state index contributed by atoms with van der Waals surface area (Å²) in [4.78, 5) is 14.2. The fraction of sp³-hybridized carbons (Fsp3) is 0.917.